The molecule has 0 unspecified atom stereocenters. The van der Waals surface area contributed by atoms with Crippen molar-refractivity contribution in [1.29, 1.82) is 0 Å². The molecule has 1 fully saturated rings. The van der Waals surface area contributed by atoms with Gasteiger partial charge in [-0.25, -0.2) is 0 Å². The number of hydrogen-bond donors (Lipinski definition) is 1. The summed E-state index contributed by atoms with van der Waals surface area (Å²) in [5.74, 6) is -0.513. The molecule has 0 aliphatic heterocycles. The van der Waals surface area contributed by atoms with Gasteiger partial charge in [-0.05, 0) is 49.0 Å². The third-order valence-electron chi connectivity index (χ3n) is 5.68. The van der Waals surface area contributed by atoms with E-state index in [-0.39, 0.29) is 23.6 Å². The normalized spacial score (nSPS) is 15.3. The zero-order valence-electron chi connectivity index (χ0n) is 17.5. The SMILES string of the molecule is Cc1ccc([C@@H](C(=O)NC2CCCCC2)N(C(=O)c2csnn2)c2ccccc2)cc1. The molecule has 160 valence electrons. The molecule has 7 heteroatoms. The van der Waals surface area contributed by atoms with Crippen molar-refractivity contribution in [1.82, 2.24) is 14.9 Å². The summed E-state index contributed by atoms with van der Waals surface area (Å²) >= 11 is 1.12. The molecule has 1 heterocycles. The van der Waals surface area contributed by atoms with Gasteiger partial charge in [-0.3, -0.25) is 14.5 Å². The van der Waals surface area contributed by atoms with E-state index in [1.54, 1.807) is 10.3 Å². The Bertz CT molecular complexity index is 1000. The van der Waals surface area contributed by atoms with Crippen LogP contribution in [0, 0.1) is 6.92 Å². The van der Waals surface area contributed by atoms with Gasteiger partial charge in [0.05, 0.1) is 0 Å². The Balaban J connectivity index is 1.76. The van der Waals surface area contributed by atoms with E-state index in [9.17, 15) is 9.59 Å². The van der Waals surface area contributed by atoms with E-state index in [1.165, 1.54) is 6.42 Å². The first-order chi connectivity index (χ1) is 15.1. The van der Waals surface area contributed by atoms with Crippen LogP contribution in [-0.4, -0.2) is 27.4 Å². The van der Waals surface area contributed by atoms with Crippen LogP contribution in [0.5, 0.6) is 0 Å². The van der Waals surface area contributed by atoms with Gasteiger partial charge in [-0.15, -0.1) is 5.10 Å². The van der Waals surface area contributed by atoms with Gasteiger partial charge in [0, 0.05) is 17.1 Å². The first-order valence-electron chi connectivity index (χ1n) is 10.7. The number of nitrogens with one attached hydrogen (secondary N) is 1. The molecule has 1 saturated carbocycles. The Hall–Kier alpha value is -3.06. The van der Waals surface area contributed by atoms with Crippen LogP contribution in [0.2, 0.25) is 0 Å². The summed E-state index contributed by atoms with van der Waals surface area (Å²) in [6, 6.07) is 16.4. The molecule has 1 aliphatic carbocycles. The Morgan fingerprint density at radius 3 is 2.39 bits per heavy atom. The van der Waals surface area contributed by atoms with Crippen LogP contribution in [0.25, 0.3) is 0 Å². The number of carbonyl (C=O) groups is 2. The van der Waals surface area contributed by atoms with E-state index in [2.05, 4.69) is 14.9 Å². The zero-order valence-corrected chi connectivity index (χ0v) is 18.3. The number of hydrogen-bond acceptors (Lipinski definition) is 5. The summed E-state index contributed by atoms with van der Waals surface area (Å²) in [5.41, 5.74) is 2.73. The van der Waals surface area contributed by atoms with Crippen LogP contribution in [0.15, 0.2) is 60.0 Å². The van der Waals surface area contributed by atoms with Gasteiger partial charge < -0.3 is 5.32 Å². The van der Waals surface area contributed by atoms with Gasteiger partial charge in [0.2, 0.25) is 5.91 Å². The van der Waals surface area contributed by atoms with Crippen molar-refractivity contribution in [3.8, 4) is 0 Å². The van der Waals surface area contributed by atoms with Crippen LogP contribution in [0.4, 0.5) is 5.69 Å². The monoisotopic (exact) mass is 434 g/mol. The highest BCUT2D eigenvalue weighted by Crippen LogP contribution is 2.30. The minimum absolute atomic E-state index is 0.142. The molecule has 1 aromatic heterocycles. The molecular weight excluding hydrogens is 408 g/mol. The van der Waals surface area contributed by atoms with Crippen LogP contribution < -0.4 is 10.2 Å². The van der Waals surface area contributed by atoms with Crippen molar-refractivity contribution in [2.45, 2.75) is 51.1 Å². The molecular formula is C24H26N4O2S. The zero-order chi connectivity index (χ0) is 21.6. The first kappa shape index (κ1) is 21.2. The highest BCUT2D eigenvalue weighted by atomic mass is 32.1. The highest BCUT2D eigenvalue weighted by molar-refractivity contribution is 7.03. The molecule has 0 spiro atoms. The smallest absolute Gasteiger partial charge is 0.280 e. The molecule has 4 rings (SSSR count). The fraction of sp³-hybridized carbons (Fsp3) is 0.333. The van der Waals surface area contributed by atoms with Gasteiger partial charge in [-0.1, -0.05) is 71.8 Å². The Morgan fingerprint density at radius 2 is 1.74 bits per heavy atom. The first-order valence-corrected chi connectivity index (χ1v) is 11.5. The fourth-order valence-corrected chi connectivity index (χ4v) is 4.48. The standard InChI is InChI=1S/C24H26N4O2S/c1-17-12-14-18(15-13-17)22(23(29)25-19-8-4-2-5-9-19)28(20-10-6-3-7-11-20)24(30)21-16-31-27-26-21/h3,6-7,10-16,19,22H,2,4-5,8-9H2,1H3,(H,25,29)/t22-/m0/s1. The van der Waals surface area contributed by atoms with E-state index in [4.69, 9.17) is 0 Å². The molecule has 1 atom stereocenters. The van der Waals surface area contributed by atoms with E-state index < -0.39 is 6.04 Å². The number of carbonyl (C=O) groups excluding carboxylic acids is 2. The number of aryl methyl sites for hydroxylation is 1. The second-order valence-corrected chi connectivity index (χ2v) is 8.57. The number of para-hydroxylation sites is 1. The van der Waals surface area contributed by atoms with Crippen molar-refractivity contribution < 1.29 is 9.59 Å². The average molecular weight is 435 g/mol. The summed E-state index contributed by atoms with van der Waals surface area (Å²) in [7, 11) is 0. The Kier molecular flexibility index (Phi) is 6.72. The summed E-state index contributed by atoms with van der Waals surface area (Å²) in [5, 5.41) is 8.80. The number of aromatic nitrogens is 2. The molecule has 2 aromatic carbocycles. The highest BCUT2D eigenvalue weighted by Gasteiger charge is 2.35. The van der Waals surface area contributed by atoms with Crippen LogP contribution in [0.3, 0.4) is 0 Å². The molecule has 2 amide bonds. The largest absolute Gasteiger partial charge is 0.351 e. The number of amides is 2. The predicted octanol–water partition coefficient (Wildman–Crippen LogP) is 4.68. The summed E-state index contributed by atoms with van der Waals surface area (Å²) in [6.45, 7) is 2.00. The molecule has 0 radical (unpaired) electrons. The molecule has 0 bridgehead atoms. The van der Waals surface area contributed by atoms with Crippen molar-refractivity contribution in [2.24, 2.45) is 0 Å². The van der Waals surface area contributed by atoms with Crippen LogP contribution in [-0.2, 0) is 4.79 Å². The maximum absolute atomic E-state index is 13.6. The average Bonchev–Trinajstić information content (AvgIpc) is 3.34. The van der Waals surface area contributed by atoms with E-state index >= 15 is 0 Å². The Morgan fingerprint density at radius 1 is 1.03 bits per heavy atom. The second-order valence-electron chi connectivity index (χ2n) is 7.96. The Labute approximate surface area is 186 Å². The summed E-state index contributed by atoms with van der Waals surface area (Å²) in [6.07, 6.45) is 5.39. The third kappa shape index (κ3) is 4.99. The van der Waals surface area contributed by atoms with Crippen molar-refractivity contribution in [2.75, 3.05) is 4.90 Å². The number of nitrogens with zero attached hydrogens (tertiary/aromatic N) is 3. The van der Waals surface area contributed by atoms with Crippen molar-refractivity contribution in [3.05, 3.63) is 76.8 Å². The minimum Gasteiger partial charge on any atom is -0.351 e. The van der Waals surface area contributed by atoms with Gasteiger partial charge in [0.25, 0.3) is 5.91 Å². The van der Waals surface area contributed by atoms with Gasteiger partial charge in [0.1, 0.15) is 6.04 Å². The summed E-state index contributed by atoms with van der Waals surface area (Å²) in [4.78, 5) is 28.7. The third-order valence-corrected chi connectivity index (χ3v) is 6.19. The lowest BCUT2D eigenvalue weighted by molar-refractivity contribution is -0.123. The quantitative estimate of drug-likeness (QED) is 0.611. The molecule has 1 aliphatic rings. The maximum Gasteiger partial charge on any atom is 0.280 e. The lowest BCUT2D eigenvalue weighted by Gasteiger charge is -2.33. The number of rotatable bonds is 6. The lowest BCUT2D eigenvalue weighted by atomic mass is 9.94. The molecule has 1 N–H and O–H groups in total. The van der Waals surface area contributed by atoms with E-state index in [1.807, 2.05) is 61.5 Å². The number of benzene rings is 2. The molecule has 6 nitrogen and oxygen atoms in total. The molecule has 31 heavy (non-hydrogen) atoms. The minimum atomic E-state index is -0.806. The predicted molar refractivity (Wildman–Crippen MR) is 122 cm³/mol. The van der Waals surface area contributed by atoms with Crippen molar-refractivity contribution >= 4 is 29.0 Å². The van der Waals surface area contributed by atoms with E-state index in [0.717, 1.165) is 48.3 Å². The van der Waals surface area contributed by atoms with E-state index in [0.29, 0.717) is 5.69 Å². The topological polar surface area (TPSA) is 75.2 Å². The van der Waals surface area contributed by atoms with Crippen molar-refractivity contribution in [3.63, 3.8) is 0 Å². The van der Waals surface area contributed by atoms with Gasteiger partial charge in [-0.2, -0.15) is 0 Å². The molecule has 3 aromatic rings. The fourth-order valence-electron chi connectivity index (χ4n) is 4.05. The molecule has 0 saturated heterocycles. The lowest BCUT2D eigenvalue weighted by Crippen LogP contribution is -2.47. The van der Waals surface area contributed by atoms with Gasteiger partial charge >= 0.3 is 0 Å². The van der Waals surface area contributed by atoms with Crippen LogP contribution >= 0.6 is 11.5 Å². The number of anilines is 1. The summed E-state index contributed by atoms with van der Waals surface area (Å²) < 4.78 is 3.85. The second kappa shape index (κ2) is 9.83. The maximum atomic E-state index is 13.6. The van der Waals surface area contributed by atoms with Gasteiger partial charge in [0.15, 0.2) is 5.69 Å². The van der Waals surface area contributed by atoms with Crippen LogP contribution in [0.1, 0.15) is 59.8 Å².